The van der Waals surface area contributed by atoms with Gasteiger partial charge in [-0.2, -0.15) is 11.8 Å². The van der Waals surface area contributed by atoms with E-state index in [-0.39, 0.29) is 0 Å². The number of benzene rings is 1. The van der Waals surface area contributed by atoms with Gasteiger partial charge in [-0.1, -0.05) is 25.1 Å². The summed E-state index contributed by atoms with van der Waals surface area (Å²) >= 11 is 3.99. The zero-order valence-electron chi connectivity index (χ0n) is 8.98. The van der Waals surface area contributed by atoms with Crippen LogP contribution in [-0.2, 0) is 0 Å². The smallest absolute Gasteiger partial charge is 0.0142 e. The average Bonchev–Trinajstić information content (AvgIpc) is 2.69. The second kappa shape index (κ2) is 5.28. The predicted octanol–water partition coefficient (Wildman–Crippen LogP) is 2.96. The van der Waals surface area contributed by atoms with Crippen LogP contribution in [-0.4, -0.2) is 23.3 Å². The maximum Gasteiger partial charge on any atom is 0.0142 e. The molecular weight excluding hydrogens is 222 g/mol. The van der Waals surface area contributed by atoms with E-state index in [0.717, 1.165) is 12.5 Å². The first kappa shape index (κ1) is 11.4. The molecule has 0 aliphatic carbocycles. The molecule has 1 heterocycles. The maximum atomic E-state index is 5.63. The third-order valence-electron chi connectivity index (χ3n) is 2.71. The van der Waals surface area contributed by atoms with Gasteiger partial charge in [0.25, 0.3) is 0 Å². The summed E-state index contributed by atoms with van der Waals surface area (Å²) in [5.74, 6) is 3.18. The van der Waals surface area contributed by atoms with Crippen molar-refractivity contribution in [1.82, 2.24) is 0 Å². The van der Waals surface area contributed by atoms with Gasteiger partial charge >= 0.3 is 0 Å². The van der Waals surface area contributed by atoms with Gasteiger partial charge in [0.2, 0.25) is 0 Å². The first-order valence-electron chi connectivity index (χ1n) is 5.34. The minimum atomic E-state index is 0.586. The van der Waals surface area contributed by atoms with Crippen LogP contribution in [0.3, 0.4) is 0 Å². The SMILES string of the molecule is CC(CN)SCC1CSc2ccccc21. The molecule has 1 aliphatic heterocycles. The molecule has 2 N–H and O–H groups in total. The molecule has 0 radical (unpaired) electrons. The van der Waals surface area contributed by atoms with Gasteiger partial charge in [0.05, 0.1) is 0 Å². The highest BCUT2D eigenvalue weighted by molar-refractivity contribution is 8.00. The Bertz CT molecular complexity index is 327. The van der Waals surface area contributed by atoms with Crippen molar-refractivity contribution in [1.29, 1.82) is 0 Å². The molecule has 2 atom stereocenters. The van der Waals surface area contributed by atoms with E-state index >= 15 is 0 Å². The van der Waals surface area contributed by atoms with E-state index < -0.39 is 0 Å². The summed E-state index contributed by atoms with van der Waals surface area (Å²) in [6, 6.07) is 8.78. The van der Waals surface area contributed by atoms with Crippen LogP contribution in [0.1, 0.15) is 18.4 Å². The van der Waals surface area contributed by atoms with E-state index in [1.807, 2.05) is 23.5 Å². The highest BCUT2D eigenvalue weighted by Crippen LogP contribution is 2.41. The third kappa shape index (κ3) is 2.71. The van der Waals surface area contributed by atoms with Crippen molar-refractivity contribution >= 4 is 23.5 Å². The van der Waals surface area contributed by atoms with E-state index in [9.17, 15) is 0 Å². The Balaban J connectivity index is 1.96. The van der Waals surface area contributed by atoms with Gasteiger partial charge in [0.1, 0.15) is 0 Å². The van der Waals surface area contributed by atoms with Crippen LogP contribution >= 0.6 is 23.5 Å². The fourth-order valence-corrected chi connectivity index (χ4v) is 4.11. The molecule has 15 heavy (non-hydrogen) atoms. The molecule has 1 nitrogen and oxygen atoms in total. The Kier molecular flexibility index (Phi) is 4.00. The predicted molar refractivity (Wildman–Crippen MR) is 70.9 cm³/mol. The molecule has 0 saturated carbocycles. The molecule has 0 spiro atoms. The van der Waals surface area contributed by atoms with E-state index in [1.54, 1.807) is 5.56 Å². The van der Waals surface area contributed by atoms with Crippen molar-refractivity contribution in [2.75, 3.05) is 18.1 Å². The molecule has 82 valence electrons. The summed E-state index contributed by atoms with van der Waals surface area (Å²) in [4.78, 5) is 1.48. The van der Waals surface area contributed by atoms with Crippen molar-refractivity contribution in [3.8, 4) is 0 Å². The average molecular weight is 239 g/mol. The van der Waals surface area contributed by atoms with Crippen LogP contribution in [0.4, 0.5) is 0 Å². The lowest BCUT2D eigenvalue weighted by Gasteiger charge is -2.13. The molecule has 0 amide bonds. The fourth-order valence-electron chi connectivity index (χ4n) is 1.72. The second-order valence-electron chi connectivity index (χ2n) is 3.93. The number of thioether (sulfide) groups is 2. The number of hydrogen-bond donors (Lipinski definition) is 1. The largest absolute Gasteiger partial charge is 0.329 e. The topological polar surface area (TPSA) is 26.0 Å². The highest BCUT2D eigenvalue weighted by Gasteiger charge is 2.22. The molecule has 0 fully saturated rings. The number of rotatable bonds is 4. The lowest BCUT2D eigenvalue weighted by atomic mass is 10.0. The Morgan fingerprint density at radius 1 is 1.53 bits per heavy atom. The van der Waals surface area contributed by atoms with Gasteiger partial charge in [-0.3, -0.25) is 0 Å². The maximum absolute atomic E-state index is 5.63. The monoisotopic (exact) mass is 239 g/mol. The molecule has 2 unspecified atom stereocenters. The summed E-state index contributed by atoms with van der Waals surface area (Å²) in [6.45, 7) is 2.99. The molecular formula is C12H17NS2. The van der Waals surface area contributed by atoms with Gasteiger partial charge < -0.3 is 5.73 Å². The molecule has 0 bridgehead atoms. The zero-order chi connectivity index (χ0) is 10.7. The molecule has 0 saturated heterocycles. The van der Waals surface area contributed by atoms with Crippen LogP contribution in [0.5, 0.6) is 0 Å². The van der Waals surface area contributed by atoms with E-state index in [1.165, 1.54) is 16.4 Å². The van der Waals surface area contributed by atoms with Gasteiger partial charge in [0, 0.05) is 34.1 Å². The van der Waals surface area contributed by atoms with Crippen LogP contribution in [0.2, 0.25) is 0 Å². The van der Waals surface area contributed by atoms with Gasteiger partial charge in [0.15, 0.2) is 0 Å². The van der Waals surface area contributed by atoms with Crippen molar-refractivity contribution in [3.05, 3.63) is 29.8 Å². The van der Waals surface area contributed by atoms with Crippen molar-refractivity contribution in [3.63, 3.8) is 0 Å². The first-order chi connectivity index (χ1) is 7.31. The Labute approximate surface area is 100 Å². The molecule has 1 aromatic carbocycles. The molecule has 1 aliphatic rings. The van der Waals surface area contributed by atoms with Crippen LogP contribution in [0.15, 0.2) is 29.2 Å². The zero-order valence-corrected chi connectivity index (χ0v) is 10.6. The number of hydrogen-bond acceptors (Lipinski definition) is 3. The quantitative estimate of drug-likeness (QED) is 0.875. The highest BCUT2D eigenvalue weighted by atomic mass is 32.2. The minimum Gasteiger partial charge on any atom is -0.329 e. The summed E-state index contributed by atoms with van der Waals surface area (Å²) < 4.78 is 0. The van der Waals surface area contributed by atoms with Gasteiger partial charge in [-0.05, 0) is 11.6 Å². The second-order valence-corrected chi connectivity index (χ2v) is 6.46. The van der Waals surface area contributed by atoms with Gasteiger partial charge in [-0.25, -0.2) is 0 Å². The van der Waals surface area contributed by atoms with Crippen LogP contribution < -0.4 is 5.73 Å². The summed E-state index contributed by atoms with van der Waals surface area (Å²) in [6.07, 6.45) is 0. The Hall–Kier alpha value is -0.120. The Morgan fingerprint density at radius 3 is 3.13 bits per heavy atom. The standard InChI is InChI=1S/C12H17NS2/c1-9(6-13)14-7-10-8-15-12-5-3-2-4-11(10)12/h2-5,9-10H,6-8,13H2,1H3. The van der Waals surface area contributed by atoms with Crippen molar-refractivity contribution in [2.45, 2.75) is 23.0 Å². The van der Waals surface area contributed by atoms with E-state index in [0.29, 0.717) is 5.25 Å². The molecule has 3 heteroatoms. The van der Waals surface area contributed by atoms with E-state index in [2.05, 4.69) is 31.2 Å². The van der Waals surface area contributed by atoms with Crippen LogP contribution in [0.25, 0.3) is 0 Å². The first-order valence-corrected chi connectivity index (χ1v) is 7.38. The van der Waals surface area contributed by atoms with Gasteiger partial charge in [-0.15, -0.1) is 11.8 Å². The van der Waals surface area contributed by atoms with E-state index in [4.69, 9.17) is 5.73 Å². The van der Waals surface area contributed by atoms with Crippen molar-refractivity contribution in [2.24, 2.45) is 5.73 Å². The van der Waals surface area contributed by atoms with Crippen molar-refractivity contribution < 1.29 is 0 Å². The minimum absolute atomic E-state index is 0.586. The fraction of sp³-hybridized carbons (Fsp3) is 0.500. The summed E-state index contributed by atoms with van der Waals surface area (Å²) in [5, 5.41) is 0.586. The molecule has 0 aromatic heterocycles. The third-order valence-corrected chi connectivity index (χ3v) is 5.32. The summed E-state index contributed by atoms with van der Waals surface area (Å²) in [7, 11) is 0. The molecule has 2 rings (SSSR count). The number of fused-ring (bicyclic) bond motifs is 1. The Morgan fingerprint density at radius 2 is 2.33 bits per heavy atom. The normalized spacial score (nSPS) is 21.3. The van der Waals surface area contributed by atoms with Crippen LogP contribution in [0, 0.1) is 0 Å². The lowest BCUT2D eigenvalue weighted by molar-refractivity contribution is 0.882. The molecule has 1 aromatic rings. The summed E-state index contributed by atoms with van der Waals surface area (Å²) in [5.41, 5.74) is 7.17. The number of nitrogens with two attached hydrogens (primary N) is 1. The lowest BCUT2D eigenvalue weighted by Crippen LogP contribution is -2.14.